The van der Waals surface area contributed by atoms with Crippen molar-refractivity contribution >= 4 is 54.5 Å². The van der Waals surface area contributed by atoms with E-state index in [0.717, 1.165) is 21.5 Å². The minimum Gasteiger partial charge on any atom is -0.497 e. The first-order valence-electron chi connectivity index (χ1n) is 9.47. The molecular formula is C21H16ClN5O3S2. The molecule has 0 saturated carbocycles. The van der Waals surface area contributed by atoms with Gasteiger partial charge >= 0.3 is 0 Å². The number of sulfone groups is 1. The van der Waals surface area contributed by atoms with Gasteiger partial charge in [-0.05, 0) is 47.3 Å². The summed E-state index contributed by atoms with van der Waals surface area (Å²) in [4.78, 5) is 4.63. The fourth-order valence-electron chi connectivity index (χ4n) is 3.29. The number of thiophene rings is 1. The van der Waals surface area contributed by atoms with Crippen molar-refractivity contribution in [2.75, 3.05) is 12.4 Å². The summed E-state index contributed by atoms with van der Waals surface area (Å²) in [6, 6.07) is 15.6. The fourth-order valence-corrected chi connectivity index (χ4v) is 5.66. The van der Waals surface area contributed by atoms with Crippen LogP contribution >= 0.6 is 22.9 Å². The van der Waals surface area contributed by atoms with Gasteiger partial charge in [0.15, 0.2) is 5.65 Å². The van der Waals surface area contributed by atoms with Crippen molar-refractivity contribution in [3.63, 3.8) is 0 Å². The lowest BCUT2D eigenvalue weighted by atomic mass is 10.2. The van der Waals surface area contributed by atoms with E-state index in [2.05, 4.69) is 20.6 Å². The van der Waals surface area contributed by atoms with Crippen LogP contribution in [0.3, 0.4) is 0 Å². The normalized spacial score (nSPS) is 11.8. The quantitative estimate of drug-likeness (QED) is 0.379. The van der Waals surface area contributed by atoms with Gasteiger partial charge in [0.25, 0.3) is 0 Å². The van der Waals surface area contributed by atoms with Gasteiger partial charge in [-0.3, -0.25) is 0 Å². The van der Waals surface area contributed by atoms with E-state index < -0.39 is 9.84 Å². The highest BCUT2D eigenvalue weighted by atomic mass is 35.5. The Labute approximate surface area is 192 Å². The second kappa shape index (κ2) is 8.05. The van der Waals surface area contributed by atoms with Crippen molar-refractivity contribution in [1.82, 2.24) is 19.8 Å². The summed E-state index contributed by atoms with van der Waals surface area (Å²) in [5, 5.41) is 13.3. The number of nitrogens with one attached hydrogen (secondary N) is 1. The Kier molecular flexibility index (Phi) is 5.20. The largest absolute Gasteiger partial charge is 0.497 e. The van der Waals surface area contributed by atoms with Gasteiger partial charge in [0.2, 0.25) is 14.9 Å². The van der Waals surface area contributed by atoms with Crippen LogP contribution in [0.25, 0.3) is 15.9 Å². The maximum atomic E-state index is 13.2. The van der Waals surface area contributed by atoms with E-state index in [9.17, 15) is 8.42 Å². The zero-order valence-electron chi connectivity index (χ0n) is 16.7. The number of fused-ring (bicyclic) bond motifs is 3. The Hall–Kier alpha value is -3.21. The second-order valence-electron chi connectivity index (χ2n) is 6.89. The number of rotatable bonds is 6. The lowest BCUT2D eigenvalue weighted by molar-refractivity contribution is 0.414. The molecule has 0 aliphatic heterocycles. The molecule has 11 heteroatoms. The van der Waals surface area contributed by atoms with Gasteiger partial charge in [-0.1, -0.05) is 35.0 Å². The fraction of sp³-hybridized carbons (Fsp3) is 0.0952. The molecule has 0 aliphatic carbocycles. The summed E-state index contributed by atoms with van der Waals surface area (Å²) in [7, 11) is -2.35. The molecule has 3 heterocycles. The molecule has 5 rings (SSSR count). The van der Waals surface area contributed by atoms with Crippen molar-refractivity contribution < 1.29 is 13.2 Å². The van der Waals surface area contributed by atoms with E-state index >= 15 is 0 Å². The third-order valence-corrected chi connectivity index (χ3v) is 7.70. The average molecular weight is 486 g/mol. The van der Waals surface area contributed by atoms with Crippen LogP contribution in [-0.2, 0) is 16.4 Å². The monoisotopic (exact) mass is 485 g/mol. The molecule has 162 valence electrons. The van der Waals surface area contributed by atoms with Crippen molar-refractivity contribution in [2.24, 2.45) is 0 Å². The highest BCUT2D eigenvalue weighted by Gasteiger charge is 2.27. The van der Waals surface area contributed by atoms with Crippen molar-refractivity contribution in [3.05, 3.63) is 70.6 Å². The standard InChI is InChI=1S/C21H16ClN5O3S2/c1-30-15-7-5-13(6-8-15)12-23-19-18-17(9-10-31-18)27-20(24-19)21(25-26-27)32(28,29)16-4-2-3-14(22)11-16/h2-11H,12H2,1H3,(H,23,24). The maximum Gasteiger partial charge on any atom is 0.229 e. The Morgan fingerprint density at radius 3 is 2.72 bits per heavy atom. The summed E-state index contributed by atoms with van der Waals surface area (Å²) >= 11 is 7.48. The smallest absolute Gasteiger partial charge is 0.229 e. The van der Waals surface area contributed by atoms with Crippen LogP contribution in [-0.4, -0.2) is 35.3 Å². The van der Waals surface area contributed by atoms with E-state index in [1.165, 1.54) is 28.0 Å². The number of hydrogen-bond acceptors (Lipinski definition) is 8. The Bertz CT molecular complexity index is 1550. The van der Waals surface area contributed by atoms with Crippen LogP contribution in [0.5, 0.6) is 5.75 Å². The second-order valence-corrected chi connectivity index (χ2v) is 10.1. The van der Waals surface area contributed by atoms with Gasteiger partial charge in [0, 0.05) is 11.6 Å². The SMILES string of the molecule is COc1ccc(CNc2nc3c(S(=O)(=O)c4cccc(Cl)c4)nnn3c3ccsc23)cc1. The molecule has 0 saturated heterocycles. The van der Waals surface area contributed by atoms with E-state index in [4.69, 9.17) is 16.3 Å². The summed E-state index contributed by atoms with van der Waals surface area (Å²) in [6.07, 6.45) is 0. The molecule has 0 radical (unpaired) electrons. The van der Waals surface area contributed by atoms with Crippen molar-refractivity contribution in [2.45, 2.75) is 16.5 Å². The number of nitrogens with zero attached hydrogens (tertiary/aromatic N) is 4. The van der Waals surface area contributed by atoms with Gasteiger partial charge in [-0.25, -0.2) is 13.4 Å². The third kappa shape index (κ3) is 3.56. The van der Waals surface area contributed by atoms with Crippen LogP contribution in [0, 0.1) is 0 Å². The van der Waals surface area contributed by atoms with Crippen molar-refractivity contribution in [3.8, 4) is 5.75 Å². The third-order valence-electron chi connectivity index (χ3n) is 4.90. The molecule has 0 amide bonds. The summed E-state index contributed by atoms with van der Waals surface area (Å²) in [5.74, 6) is 1.33. The van der Waals surface area contributed by atoms with E-state index in [1.54, 1.807) is 19.2 Å². The Balaban J connectivity index is 1.59. The number of halogens is 1. The van der Waals surface area contributed by atoms with E-state index in [1.807, 2.05) is 35.7 Å². The van der Waals surface area contributed by atoms with Crippen LogP contribution in [0.1, 0.15) is 5.56 Å². The molecule has 8 nitrogen and oxygen atoms in total. The zero-order chi connectivity index (χ0) is 22.3. The zero-order valence-corrected chi connectivity index (χ0v) is 19.1. The van der Waals surface area contributed by atoms with Crippen LogP contribution < -0.4 is 10.1 Å². The van der Waals surface area contributed by atoms with Crippen molar-refractivity contribution in [1.29, 1.82) is 0 Å². The minimum atomic E-state index is -3.97. The highest BCUT2D eigenvalue weighted by molar-refractivity contribution is 7.91. The van der Waals surface area contributed by atoms with E-state index in [0.29, 0.717) is 17.4 Å². The molecule has 32 heavy (non-hydrogen) atoms. The molecule has 5 aromatic rings. The Morgan fingerprint density at radius 1 is 1.16 bits per heavy atom. The van der Waals surface area contributed by atoms with Gasteiger partial charge in [-0.2, -0.15) is 4.52 Å². The predicted molar refractivity (Wildman–Crippen MR) is 123 cm³/mol. The summed E-state index contributed by atoms with van der Waals surface area (Å²) < 4.78 is 34.0. The minimum absolute atomic E-state index is 0.0346. The molecule has 0 unspecified atom stereocenters. The number of methoxy groups -OCH3 is 1. The molecule has 0 bridgehead atoms. The molecule has 0 aliphatic rings. The Morgan fingerprint density at radius 2 is 1.97 bits per heavy atom. The number of hydrogen-bond donors (Lipinski definition) is 1. The van der Waals surface area contributed by atoms with Gasteiger partial charge in [0.1, 0.15) is 11.6 Å². The lowest BCUT2D eigenvalue weighted by Gasteiger charge is -2.09. The maximum absolute atomic E-state index is 13.2. The molecule has 0 spiro atoms. The molecule has 2 aromatic carbocycles. The first-order chi connectivity index (χ1) is 15.5. The van der Waals surface area contributed by atoms with Gasteiger partial charge in [-0.15, -0.1) is 16.4 Å². The predicted octanol–water partition coefficient (Wildman–Crippen LogP) is 4.45. The van der Waals surface area contributed by atoms with Crippen LogP contribution in [0.2, 0.25) is 5.02 Å². The van der Waals surface area contributed by atoms with Crippen LogP contribution in [0.15, 0.2) is 69.9 Å². The first kappa shape index (κ1) is 20.7. The topological polar surface area (TPSA) is 98.5 Å². The number of ether oxygens (including phenoxy) is 1. The number of benzene rings is 2. The average Bonchev–Trinajstić information content (AvgIpc) is 3.45. The first-order valence-corrected chi connectivity index (χ1v) is 12.2. The van der Waals surface area contributed by atoms with Gasteiger partial charge in [0.05, 0.1) is 22.2 Å². The molecule has 0 atom stereocenters. The highest BCUT2D eigenvalue weighted by Crippen LogP contribution is 2.31. The lowest BCUT2D eigenvalue weighted by Crippen LogP contribution is -2.06. The molecule has 0 fully saturated rings. The summed E-state index contributed by atoms with van der Waals surface area (Å²) in [6.45, 7) is 0.498. The van der Waals surface area contributed by atoms with Gasteiger partial charge < -0.3 is 10.1 Å². The molecule has 1 N–H and O–H groups in total. The number of aromatic nitrogens is 4. The molecular weight excluding hydrogens is 470 g/mol. The van der Waals surface area contributed by atoms with Crippen LogP contribution in [0.4, 0.5) is 5.82 Å². The summed E-state index contributed by atoms with van der Waals surface area (Å²) in [5.41, 5.74) is 1.89. The number of anilines is 1. The molecule has 3 aromatic heterocycles. The van der Waals surface area contributed by atoms with E-state index in [-0.39, 0.29) is 15.6 Å².